The number of hydrogen-bond donors (Lipinski definition) is 6. The maximum Gasteiger partial charge on any atom is 0.262 e. The van der Waals surface area contributed by atoms with Crippen LogP contribution in [0.15, 0.2) is 267 Å². The molecule has 0 fully saturated rings. The molecular weight excluding hydrogens is 1970 g/mol. The summed E-state index contributed by atoms with van der Waals surface area (Å²) in [7, 11) is 3.70. The summed E-state index contributed by atoms with van der Waals surface area (Å²) in [5, 5.41) is 24.7. The standard InChI is InChI=1S/C22H15F2N3OS.C21H18FN5OS.C20H14F2N6OS.C20H13F2N3O2S.C19H14F2N6OS/c1-13-20(27-22(29-13)15-4-3-11-25-12-15)14-7-9-16(10-8-14)26-21(28)19-17(23)5-2-6-18(19)24;1-12-5-4-6-16(22)18(12)20(28)25-17-8-7-14(9-23-17)19-13(2)29-21(26-19)15-10-24-27(3)11-15;1-10-18(28-20(30-10)11-5-6-15(23)25-7-11)14-8-26-16(9-24-14)27-19(29)17-12(21)3-2-4-13(17)22;1-11-18(25-20(28-11)16-9-23-10-27-16)12-5-7-13(8-6-12)24-19(26)17-14(21)3-2-4-15(17)22;1-10-17(26-19(29-10)11-6-24-27(2)9-11)14-7-23-15(8-22-14)25-18(28)16-12(20)4-3-5-13(16)21/h2-12H,1H3,(H,26,28);4-11H,1-3H3,(H,23,25,28);2-9H,1H3,(H2,23,25)(H,26,27,29);2-10H,1H3,(H,24,26);3-9H,1-2H3,(H,23,25,28). The van der Waals surface area contributed by atoms with Gasteiger partial charge in [-0.3, -0.25) is 38.3 Å². The van der Waals surface area contributed by atoms with Crippen molar-refractivity contribution in [2.24, 2.45) is 14.1 Å². The van der Waals surface area contributed by atoms with Crippen molar-refractivity contribution in [2.75, 3.05) is 32.3 Å². The number of hydrogen-bond acceptors (Lipinski definition) is 27. The van der Waals surface area contributed by atoms with Gasteiger partial charge in [0, 0.05) is 126 Å². The van der Waals surface area contributed by atoms with Crippen molar-refractivity contribution in [1.82, 2.24) is 84.4 Å². The molecule has 0 aliphatic rings. The van der Waals surface area contributed by atoms with Gasteiger partial charge < -0.3 is 36.7 Å². The number of benzene rings is 7. The minimum absolute atomic E-state index is 0.0230. The number of nitrogen functional groups attached to an aromatic ring is 1. The molecule has 0 saturated carbocycles. The maximum atomic E-state index is 14.0. The van der Waals surface area contributed by atoms with E-state index in [4.69, 9.17) is 20.1 Å². The molecule has 20 aromatic rings. The molecule has 0 unspecified atom stereocenters. The van der Waals surface area contributed by atoms with E-state index in [1.807, 2.05) is 97.5 Å². The van der Waals surface area contributed by atoms with Crippen molar-refractivity contribution in [3.8, 4) is 110 Å². The lowest BCUT2D eigenvalue weighted by Gasteiger charge is -2.08. The Morgan fingerprint density at radius 3 is 1.01 bits per heavy atom. The zero-order valence-corrected chi connectivity index (χ0v) is 81.0. The van der Waals surface area contributed by atoms with Crippen molar-refractivity contribution in [3.05, 3.63) is 373 Å². The number of thiazole rings is 5. The highest BCUT2D eigenvalue weighted by atomic mass is 32.1. The molecule has 0 aliphatic carbocycles. The SMILES string of the molecule is Cc1cccc(F)c1C(=O)Nc1ccc(-c2nc(-c3cnn(C)c3)sc2C)cn1.Cc1sc(-c2ccc(N)nc2)nc1-c1cnc(NC(=O)c2c(F)cccc2F)cn1.Cc1sc(-c2cccnc2)nc1-c1ccc(NC(=O)c2c(F)cccc2F)cc1.Cc1sc(-c2cnco2)nc1-c1ccc(NC(=O)c2c(F)cccc2F)cc1.Cc1sc(-c2cnn(C)c2)nc1-c1cnc(NC(=O)c2c(F)cccc2F)cn1. The summed E-state index contributed by atoms with van der Waals surface area (Å²) in [5.74, 6) is -10.6. The number of carbonyl (C=O) groups excluding carboxylic acids is 5. The molecule has 20 rings (SSSR count). The number of amides is 5. The van der Waals surface area contributed by atoms with Crippen LogP contribution in [-0.2, 0) is 14.1 Å². The Morgan fingerprint density at radius 1 is 0.303 bits per heavy atom. The normalized spacial score (nSPS) is 10.8. The maximum absolute atomic E-state index is 14.0. The van der Waals surface area contributed by atoms with Gasteiger partial charge in [-0.2, -0.15) is 10.2 Å². The first-order valence-corrected chi connectivity index (χ1v) is 47.2. The first-order valence-electron chi connectivity index (χ1n) is 43.1. The molecule has 7 N–H and O–H groups in total. The van der Waals surface area contributed by atoms with Crippen LogP contribution in [0, 0.1) is 93.9 Å². The molecule has 0 bridgehead atoms. The number of pyridine rings is 3. The van der Waals surface area contributed by atoms with Gasteiger partial charge in [-0.25, -0.2) is 99.3 Å². The van der Waals surface area contributed by atoms with E-state index in [0.29, 0.717) is 57.1 Å². The second kappa shape index (κ2) is 44.9. The van der Waals surface area contributed by atoms with E-state index in [1.54, 1.807) is 143 Å². The largest absolute Gasteiger partial charge is 0.441 e. The van der Waals surface area contributed by atoms with E-state index in [-0.39, 0.29) is 17.2 Å². The predicted octanol–water partition coefficient (Wildman–Crippen LogP) is 23.6. The number of halogens is 9. The number of nitrogens with zero attached hydrogens (tertiary/aromatic N) is 17. The Morgan fingerprint density at radius 2 is 0.648 bits per heavy atom. The third-order valence-corrected chi connectivity index (χ3v) is 26.1. The topological polar surface area (TPSA) is 388 Å². The third-order valence-electron chi connectivity index (χ3n) is 21.1. The van der Waals surface area contributed by atoms with Gasteiger partial charge in [0.25, 0.3) is 29.5 Å². The number of nitrogens with one attached hydrogen (secondary N) is 5. The van der Waals surface area contributed by atoms with Crippen molar-refractivity contribution in [3.63, 3.8) is 0 Å². The van der Waals surface area contributed by atoms with Crippen LogP contribution in [0.25, 0.3) is 110 Å². The van der Waals surface area contributed by atoms with Gasteiger partial charge in [-0.1, -0.05) is 60.7 Å². The number of rotatable bonds is 20. The predicted molar refractivity (Wildman–Crippen MR) is 538 cm³/mol. The highest BCUT2D eigenvalue weighted by molar-refractivity contribution is 7.16. The number of aromatic nitrogens is 17. The molecule has 145 heavy (non-hydrogen) atoms. The van der Waals surface area contributed by atoms with Crippen LogP contribution in [-0.4, -0.2) is 114 Å². The summed E-state index contributed by atoms with van der Waals surface area (Å²) in [5.41, 5.74) is 15.5. The van der Waals surface area contributed by atoms with Gasteiger partial charge in [0.1, 0.15) is 129 Å². The molecule has 13 heterocycles. The fourth-order valence-corrected chi connectivity index (χ4v) is 18.6. The summed E-state index contributed by atoms with van der Waals surface area (Å²) in [4.78, 5) is 122. The van der Waals surface area contributed by atoms with Gasteiger partial charge in [0.05, 0.1) is 66.0 Å². The van der Waals surface area contributed by atoms with Crippen LogP contribution < -0.4 is 32.3 Å². The van der Waals surface area contributed by atoms with Crippen LogP contribution in [0.5, 0.6) is 0 Å². The van der Waals surface area contributed by atoms with Crippen LogP contribution >= 0.6 is 56.7 Å². The summed E-state index contributed by atoms with van der Waals surface area (Å²) in [6, 6.07) is 42.2. The molecule has 0 atom stereocenters. The molecule has 13 aromatic heterocycles. The molecule has 0 aliphatic heterocycles. The van der Waals surface area contributed by atoms with E-state index in [2.05, 4.69) is 91.6 Å². The lowest BCUT2D eigenvalue weighted by molar-refractivity contribution is 0.101. The fourth-order valence-electron chi connectivity index (χ4n) is 14.0. The van der Waals surface area contributed by atoms with Crippen molar-refractivity contribution in [2.45, 2.75) is 41.5 Å². The third kappa shape index (κ3) is 24.0. The van der Waals surface area contributed by atoms with Crippen LogP contribution in [0.2, 0.25) is 0 Å². The van der Waals surface area contributed by atoms with E-state index in [0.717, 1.165) is 154 Å². The molecule has 29 nitrogen and oxygen atoms in total. The van der Waals surface area contributed by atoms with Gasteiger partial charge in [0.15, 0.2) is 28.8 Å². The fraction of sp³-hybridized carbons (Fsp3) is 0.0784. The molecule has 7 aromatic carbocycles. The zero-order valence-electron chi connectivity index (χ0n) is 76.9. The number of anilines is 6. The number of carbonyl (C=O) groups is 5. The van der Waals surface area contributed by atoms with Gasteiger partial charge in [-0.15, -0.1) is 56.7 Å². The highest BCUT2D eigenvalue weighted by Crippen LogP contribution is 2.40. The van der Waals surface area contributed by atoms with Crippen LogP contribution in [0.4, 0.5) is 74.2 Å². The molecule has 726 valence electrons. The van der Waals surface area contributed by atoms with E-state index < -0.39 is 104 Å². The van der Waals surface area contributed by atoms with Crippen molar-refractivity contribution in [1.29, 1.82) is 0 Å². The zero-order chi connectivity index (χ0) is 102. The van der Waals surface area contributed by atoms with E-state index in [1.165, 1.54) is 95.5 Å². The summed E-state index contributed by atoms with van der Waals surface area (Å²) < 4.78 is 133. The van der Waals surface area contributed by atoms with Crippen LogP contribution in [0.1, 0.15) is 81.7 Å². The van der Waals surface area contributed by atoms with E-state index >= 15 is 0 Å². The molecule has 0 radical (unpaired) electrons. The van der Waals surface area contributed by atoms with E-state index in [9.17, 15) is 63.5 Å². The lowest BCUT2D eigenvalue weighted by atomic mass is 10.1. The Kier molecular flexibility index (Phi) is 31.1. The number of nitrogens with two attached hydrogens (primary N) is 1. The van der Waals surface area contributed by atoms with Gasteiger partial charge in [0.2, 0.25) is 0 Å². The minimum Gasteiger partial charge on any atom is -0.441 e. The van der Waals surface area contributed by atoms with Crippen molar-refractivity contribution < 1.29 is 67.9 Å². The average Bonchev–Trinajstić information content (AvgIpc) is 1.71. The summed E-state index contributed by atoms with van der Waals surface area (Å²) in [6.07, 6.45) is 22.5. The quantitative estimate of drug-likeness (QED) is 0.0386. The monoisotopic (exact) mass is 2050 g/mol. The minimum atomic E-state index is -0.958. The Balaban J connectivity index is 0.000000130. The second-order valence-electron chi connectivity index (χ2n) is 31.3. The van der Waals surface area contributed by atoms with Gasteiger partial charge in [-0.05, 0) is 162 Å². The number of oxazole rings is 1. The number of aryl methyl sites for hydroxylation is 8. The first-order chi connectivity index (χ1) is 69.8. The van der Waals surface area contributed by atoms with Crippen molar-refractivity contribution >= 4 is 121 Å². The first kappa shape index (κ1) is 100. The lowest BCUT2D eigenvalue weighted by Crippen LogP contribution is -2.16. The van der Waals surface area contributed by atoms with Crippen LogP contribution in [0.3, 0.4) is 0 Å². The van der Waals surface area contributed by atoms with Gasteiger partial charge >= 0.3 is 0 Å². The average molecular weight is 2050 g/mol. The highest BCUT2D eigenvalue weighted by Gasteiger charge is 2.27. The Hall–Kier alpha value is -17.6. The Labute approximate surface area is 838 Å². The molecule has 5 amide bonds. The summed E-state index contributed by atoms with van der Waals surface area (Å²) >= 11 is 7.62. The molecular formula is C102H74F9N23O6S5. The Bertz CT molecular complexity index is 7850. The second-order valence-corrected chi connectivity index (χ2v) is 37.3. The smallest absolute Gasteiger partial charge is 0.262 e. The molecule has 0 spiro atoms. The summed E-state index contributed by atoms with van der Waals surface area (Å²) in [6.45, 7) is 11.5. The molecule has 43 heteroatoms. The molecule has 0 saturated heterocycles.